The molecule has 0 bridgehead atoms. The Morgan fingerprint density at radius 3 is 0.929 bits per heavy atom. The number of carbonyl (C=O) groups excluding carboxylic acids is 2. The minimum absolute atomic E-state index is 0.0859. The molecule has 0 N–H and O–H groups in total. The molecule has 0 aromatic carbocycles. The molecule has 0 spiro atoms. The van der Waals surface area contributed by atoms with Gasteiger partial charge >= 0.3 is 11.9 Å². The first-order chi connectivity index (χ1) is 20.3. The highest BCUT2D eigenvalue weighted by atomic mass is 16.6. The number of esters is 2. The van der Waals surface area contributed by atoms with Crippen molar-refractivity contribution in [2.75, 3.05) is 139 Å². The van der Waals surface area contributed by atoms with Crippen LogP contribution in [-0.4, -0.2) is 157 Å². The van der Waals surface area contributed by atoms with Gasteiger partial charge in [-0.2, -0.15) is 0 Å². The Morgan fingerprint density at radius 2 is 0.667 bits per heavy atom. The molecule has 0 amide bonds. The fraction of sp³-hybridized carbons (Fsp3) is 0.929. The third-order valence-electron chi connectivity index (χ3n) is 4.67. The average Bonchev–Trinajstić information content (AvgIpc) is 2.94. The van der Waals surface area contributed by atoms with Crippen molar-refractivity contribution in [1.29, 1.82) is 0 Å². The number of rotatable bonds is 32. The zero-order valence-corrected chi connectivity index (χ0v) is 26.1. The molecule has 0 aliphatic rings. The molecule has 0 aliphatic carbocycles. The average molecular weight is 615 g/mol. The molecule has 0 saturated heterocycles. The first-order valence-electron chi connectivity index (χ1n) is 14.4. The van der Waals surface area contributed by atoms with E-state index in [-0.39, 0.29) is 25.0 Å². The maximum absolute atomic E-state index is 11.5. The normalized spacial score (nSPS) is 11.6. The van der Waals surface area contributed by atoms with Crippen LogP contribution in [0.15, 0.2) is 0 Å². The second kappa shape index (κ2) is 31.0. The molecular weight excluding hydrogens is 560 g/mol. The summed E-state index contributed by atoms with van der Waals surface area (Å²) in [5, 5.41) is 0. The number of methoxy groups -OCH3 is 1. The van der Waals surface area contributed by atoms with Crippen molar-refractivity contribution in [3.8, 4) is 0 Å². The van der Waals surface area contributed by atoms with E-state index in [1.165, 1.54) is 7.11 Å². The van der Waals surface area contributed by atoms with Crippen LogP contribution in [0.1, 0.15) is 27.2 Å². The van der Waals surface area contributed by atoms with Gasteiger partial charge < -0.3 is 56.8 Å². The van der Waals surface area contributed by atoms with Crippen molar-refractivity contribution in [3.05, 3.63) is 0 Å². The highest BCUT2D eigenvalue weighted by Crippen LogP contribution is 2.06. The van der Waals surface area contributed by atoms with E-state index in [1.54, 1.807) is 0 Å². The van der Waals surface area contributed by atoms with Crippen molar-refractivity contribution in [1.82, 2.24) is 0 Å². The lowest BCUT2D eigenvalue weighted by Gasteiger charge is -2.19. The molecule has 0 atom stereocenters. The molecule has 0 aromatic heterocycles. The predicted molar refractivity (Wildman–Crippen MR) is 151 cm³/mol. The molecule has 0 aromatic rings. The number of ether oxygens (including phenoxy) is 12. The molecule has 0 heterocycles. The summed E-state index contributed by atoms with van der Waals surface area (Å²) >= 11 is 0. The van der Waals surface area contributed by atoms with Crippen molar-refractivity contribution < 1.29 is 66.4 Å². The van der Waals surface area contributed by atoms with Gasteiger partial charge in [0.1, 0.15) is 12.2 Å². The van der Waals surface area contributed by atoms with E-state index in [4.69, 9.17) is 52.1 Å². The lowest BCUT2D eigenvalue weighted by molar-refractivity contribution is -0.160. The van der Waals surface area contributed by atoms with Gasteiger partial charge in [-0.25, -0.2) is 4.79 Å². The van der Waals surface area contributed by atoms with Crippen LogP contribution in [0.5, 0.6) is 0 Å². The van der Waals surface area contributed by atoms with Gasteiger partial charge in [0.15, 0.2) is 0 Å². The molecule has 0 aliphatic heterocycles. The Balaban J connectivity index is 3.11. The maximum atomic E-state index is 11.5. The van der Waals surface area contributed by atoms with E-state index in [0.29, 0.717) is 126 Å². The summed E-state index contributed by atoms with van der Waals surface area (Å²) in [6, 6.07) is 0. The molecule has 0 radical (unpaired) electrons. The smallest absolute Gasteiger partial charge is 0.332 e. The lowest BCUT2D eigenvalue weighted by atomic mass is 10.2. The molecule has 0 unspecified atom stereocenters. The van der Waals surface area contributed by atoms with Gasteiger partial charge in [-0.15, -0.1) is 0 Å². The fourth-order valence-electron chi connectivity index (χ4n) is 2.76. The highest BCUT2D eigenvalue weighted by Gasteiger charge is 2.15. The second-order valence-corrected chi connectivity index (χ2v) is 9.48. The van der Waals surface area contributed by atoms with Crippen LogP contribution in [-0.2, 0) is 66.4 Å². The van der Waals surface area contributed by atoms with E-state index < -0.39 is 5.60 Å². The van der Waals surface area contributed by atoms with Gasteiger partial charge in [-0.1, -0.05) is 0 Å². The molecule has 0 rings (SSSR count). The monoisotopic (exact) mass is 614 g/mol. The van der Waals surface area contributed by atoms with E-state index in [1.807, 2.05) is 20.8 Å². The summed E-state index contributed by atoms with van der Waals surface area (Å²) in [7, 11) is 1.35. The Morgan fingerprint density at radius 1 is 0.405 bits per heavy atom. The fourth-order valence-corrected chi connectivity index (χ4v) is 2.76. The van der Waals surface area contributed by atoms with Crippen LogP contribution in [0, 0.1) is 0 Å². The second-order valence-electron chi connectivity index (χ2n) is 9.48. The molecular formula is C28H54O14. The van der Waals surface area contributed by atoms with Crippen molar-refractivity contribution >= 4 is 11.9 Å². The summed E-state index contributed by atoms with van der Waals surface area (Å²) in [5.74, 6) is -0.679. The van der Waals surface area contributed by atoms with Crippen LogP contribution in [0.2, 0.25) is 0 Å². The van der Waals surface area contributed by atoms with Gasteiger partial charge in [0.2, 0.25) is 0 Å². The molecule has 0 fully saturated rings. The van der Waals surface area contributed by atoms with Gasteiger partial charge in [0.05, 0.1) is 139 Å². The minimum atomic E-state index is -0.512. The Labute approximate surface area is 250 Å². The molecule has 0 saturated carbocycles. The maximum Gasteiger partial charge on any atom is 0.332 e. The van der Waals surface area contributed by atoms with Gasteiger partial charge in [-0.3, -0.25) is 4.79 Å². The third kappa shape index (κ3) is 34.7. The molecule has 14 heteroatoms. The predicted octanol–water partition coefficient (Wildman–Crippen LogP) is 1.06. The number of carbonyl (C=O) groups is 2. The first kappa shape index (κ1) is 40.5. The lowest BCUT2D eigenvalue weighted by Crippen LogP contribution is -2.27. The summed E-state index contributed by atoms with van der Waals surface area (Å²) < 4.78 is 63.4. The Kier molecular flexibility index (Phi) is 29.9. The Hall–Kier alpha value is -1.46. The molecule has 42 heavy (non-hydrogen) atoms. The van der Waals surface area contributed by atoms with Crippen molar-refractivity contribution in [2.24, 2.45) is 0 Å². The first-order valence-corrected chi connectivity index (χ1v) is 14.4. The van der Waals surface area contributed by atoms with Crippen LogP contribution in [0.25, 0.3) is 0 Å². The van der Waals surface area contributed by atoms with Gasteiger partial charge in [0.25, 0.3) is 0 Å². The van der Waals surface area contributed by atoms with Crippen LogP contribution in [0.4, 0.5) is 0 Å². The largest absolute Gasteiger partial charge is 0.469 e. The van der Waals surface area contributed by atoms with Crippen LogP contribution >= 0.6 is 0 Å². The molecule has 14 nitrogen and oxygen atoms in total. The highest BCUT2D eigenvalue weighted by molar-refractivity contribution is 5.71. The quantitative estimate of drug-likeness (QED) is 0.0786. The number of hydrogen-bond acceptors (Lipinski definition) is 14. The van der Waals surface area contributed by atoms with Crippen molar-refractivity contribution in [2.45, 2.75) is 32.8 Å². The van der Waals surface area contributed by atoms with E-state index in [0.717, 1.165) is 0 Å². The van der Waals surface area contributed by atoms with E-state index >= 15 is 0 Å². The minimum Gasteiger partial charge on any atom is -0.469 e. The van der Waals surface area contributed by atoms with Crippen LogP contribution < -0.4 is 0 Å². The summed E-state index contributed by atoms with van der Waals surface area (Å²) in [5.41, 5.74) is -0.512. The summed E-state index contributed by atoms with van der Waals surface area (Å²) in [6.07, 6.45) is 0.241. The zero-order valence-electron chi connectivity index (χ0n) is 26.1. The van der Waals surface area contributed by atoms with E-state index in [9.17, 15) is 9.59 Å². The number of hydrogen-bond donors (Lipinski definition) is 0. The zero-order chi connectivity index (χ0) is 31.0. The van der Waals surface area contributed by atoms with Crippen LogP contribution in [0.3, 0.4) is 0 Å². The summed E-state index contributed by atoms with van der Waals surface area (Å²) in [6.45, 7) is 13.9. The third-order valence-corrected chi connectivity index (χ3v) is 4.67. The Bertz CT molecular complexity index is 600. The SMILES string of the molecule is COC(=O)CCOCCOCCOCCOCCOCCOCCOCCOCCOCCOCC(=O)OC(C)(C)C. The topological polar surface area (TPSA) is 145 Å². The summed E-state index contributed by atoms with van der Waals surface area (Å²) in [4.78, 5) is 22.4. The van der Waals surface area contributed by atoms with Gasteiger partial charge in [-0.05, 0) is 20.8 Å². The molecule has 250 valence electrons. The van der Waals surface area contributed by atoms with Crippen molar-refractivity contribution in [3.63, 3.8) is 0 Å². The standard InChI is InChI=1S/C28H54O14/c1-28(2,3)42-27(30)25-41-24-23-40-22-21-39-20-19-38-18-17-37-16-15-36-14-13-35-12-11-34-10-9-33-8-7-32-6-5-26(29)31-4/h5-25H2,1-4H3. The van der Waals surface area contributed by atoms with Gasteiger partial charge in [0, 0.05) is 0 Å². The van der Waals surface area contributed by atoms with E-state index in [2.05, 4.69) is 4.74 Å².